The van der Waals surface area contributed by atoms with Crippen molar-refractivity contribution in [2.45, 2.75) is 11.6 Å². The Bertz CT molecular complexity index is 745. The Morgan fingerprint density at radius 1 is 1.04 bits per heavy atom. The van der Waals surface area contributed by atoms with Crippen molar-refractivity contribution in [1.29, 1.82) is 0 Å². The maximum Gasteiger partial charge on any atom is 0.304 e. The fourth-order valence-corrected chi connectivity index (χ4v) is 2.87. The molecule has 0 aromatic heterocycles. The molecule has 2 atom stereocenters. The maximum atomic E-state index is 12.8. The van der Waals surface area contributed by atoms with E-state index in [1.807, 2.05) is 0 Å². The summed E-state index contributed by atoms with van der Waals surface area (Å²) < 4.78 is 16.6. The summed E-state index contributed by atoms with van der Waals surface area (Å²) in [6, 6.07) is 13.0. The number of ketones is 1. The van der Waals surface area contributed by atoms with Crippen LogP contribution in [0.4, 0.5) is 0 Å². The monoisotopic (exact) mass is 334 g/mol. The predicted molar refractivity (Wildman–Crippen MR) is 83.5 cm³/mol. The topological polar surface area (TPSA) is 65.0 Å². The van der Waals surface area contributed by atoms with Crippen LogP contribution in [-0.2, 0) is 15.3 Å². The third-order valence-electron chi connectivity index (χ3n) is 3.95. The minimum absolute atomic E-state index is 0.221. The molecule has 0 aliphatic carbocycles. The summed E-state index contributed by atoms with van der Waals surface area (Å²) in [5.41, 5.74) is 0.620. The number of aliphatic hydroxyl groups is 1. The van der Waals surface area contributed by atoms with Gasteiger partial charge < -0.3 is 19.3 Å². The largest absolute Gasteiger partial charge is 0.451 e. The number of benzene rings is 2. The van der Waals surface area contributed by atoms with Crippen LogP contribution < -0.4 is 4.74 Å². The van der Waals surface area contributed by atoms with Crippen LogP contribution in [0.3, 0.4) is 0 Å². The van der Waals surface area contributed by atoms with Crippen molar-refractivity contribution in [1.82, 2.24) is 0 Å². The van der Waals surface area contributed by atoms with Gasteiger partial charge in [-0.1, -0.05) is 35.9 Å². The van der Waals surface area contributed by atoms with E-state index < -0.39 is 17.4 Å². The van der Waals surface area contributed by atoms with E-state index in [0.717, 1.165) is 0 Å². The van der Waals surface area contributed by atoms with E-state index in [0.29, 0.717) is 16.3 Å². The molecule has 0 saturated heterocycles. The standard InChI is InChI=1S/C17H15ClO5/c1-21-16(20)15(19)13-5-3-4-6-14(13)23-17(16,22-2)11-7-9-12(18)10-8-11/h3-10,20H,1-2H3. The average Bonchev–Trinajstić information content (AvgIpc) is 2.59. The molecule has 2 unspecified atom stereocenters. The fraction of sp³-hybridized carbons (Fsp3) is 0.235. The minimum atomic E-state index is -2.34. The summed E-state index contributed by atoms with van der Waals surface area (Å²) in [6.45, 7) is 0. The second-order valence-corrected chi connectivity index (χ2v) is 5.54. The van der Waals surface area contributed by atoms with Gasteiger partial charge in [0, 0.05) is 24.8 Å². The Morgan fingerprint density at radius 3 is 2.30 bits per heavy atom. The quantitative estimate of drug-likeness (QED) is 0.874. The first-order valence-corrected chi connectivity index (χ1v) is 7.28. The third kappa shape index (κ3) is 2.16. The van der Waals surface area contributed by atoms with Crippen LogP contribution in [0.25, 0.3) is 0 Å². The molecule has 120 valence electrons. The maximum absolute atomic E-state index is 12.8. The van der Waals surface area contributed by atoms with Gasteiger partial charge in [0.15, 0.2) is 0 Å². The van der Waals surface area contributed by atoms with Crippen molar-refractivity contribution in [3.63, 3.8) is 0 Å². The molecule has 0 saturated carbocycles. The number of Topliss-reactive ketones (excluding diaryl/α,β-unsaturated/α-hetero) is 1. The van der Waals surface area contributed by atoms with Crippen LogP contribution in [0, 0.1) is 0 Å². The van der Waals surface area contributed by atoms with E-state index >= 15 is 0 Å². The van der Waals surface area contributed by atoms with E-state index in [-0.39, 0.29) is 5.56 Å². The van der Waals surface area contributed by atoms with Gasteiger partial charge in [-0.05, 0) is 24.3 Å². The molecule has 1 N–H and O–H groups in total. The van der Waals surface area contributed by atoms with E-state index in [1.54, 1.807) is 48.5 Å². The molecule has 1 aliphatic rings. The molecule has 0 bridgehead atoms. The molecule has 5 nitrogen and oxygen atoms in total. The number of para-hydroxylation sites is 1. The van der Waals surface area contributed by atoms with Gasteiger partial charge in [-0.15, -0.1) is 0 Å². The lowest BCUT2D eigenvalue weighted by Gasteiger charge is -2.46. The van der Waals surface area contributed by atoms with Crippen LogP contribution in [-0.4, -0.2) is 30.9 Å². The number of halogens is 1. The van der Waals surface area contributed by atoms with Crippen molar-refractivity contribution < 1.29 is 24.1 Å². The molecule has 2 aromatic carbocycles. The van der Waals surface area contributed by atoms with Crippen LogP contribution in [0.1, 0.15) is 15.9 Å². The first kappa shape index (κ1) is 16.0. The van der Waals surface area contributed by atoms with Gasteiger partial charge in [0.1, 0.15) is 5.75 Å². The summed E-state index contributed by atoms with van der Waals surface area (Å²) in [6.07, 6.45) is 0. The number of hydrogen-bond donors (Lipinski definition) is 1. The van der Waals surface area contributed by atoms with Crippen molar-refractivity contribution in [2.24, 2.45) is 0 Å². The van der Waals surface area contributed by atoms with Crippen molar-refractivity contribution in [2.75, 3.05) is 14.2 Å². The van der Waals surface area contributed by atoms with Crippen molar-refractivity contribution in [3.8, 4) is 5.75 Å². The van der Waals surface area contributed by atoms with Crippen molar-refractivity contribution >= 4 is 17.4 Å². The average molecular weight is 335 g/mol. The molecule has 0 amide bonds. The highest BCUT2D eigenvalue weighted by Gasteiger charge is 2.64. The van der Waals surface area contributed by atoms with Gasteiger partial charge in [-0.2, -0.15) is 0 Å². The number of ether oxygens (including phenoxy) is 3. The SMILES string of the molecule is COC1(O)C(=O)c2ccccc2OC1(OC)c1ccc(Cl)cc1. The number of carbonyl (C=O) groups is 1. The summed E-state index contributed by atoms with van der Waals surface area (Å²) in [5.74, 6) is -4.53. The zero-order valence-corrected chi connectivity index (χ0v) is 13.3. The Morgan fingerprint density at radius 2 is 1.70 bits per heavy atom. The molecule has 0 spiro atoms. The summed E-state index contributed by atoms with van der Waals surface area (Å²) in [4.78, 5) is 12.8. The molecule has 1 aliphatic heterocycles. The Hall–Kier alpha value is -1.92. The van der Waals surface area contributed by atoms with E-state index in [9.17, 15) is 9.90 Å². The molecule has 1 heterocycles. The van der Waals surface area contributed by atoms with E-state index in [4.69, 9.17) is 25.8 Å². The second kappa shape index (κ2) is 5.62. The first-order chi connectivity index (χ1) is 11.0. The molecule has 3 rings (SSSR count). The lowest BCUT2D eigenvalue weighted by atomic mass is 9.86. The minimum Gasteiger partial charge on any atom is -0.451 e. The van der Waals surface area contributed by atoms with Gasteiger partial charge >= 0.3 is 5.79 Å². The normalized spacial score (nSPS) is 26.5. The molecular formula is C17H15ClO5. The molecule has 2 aromatic rings. The Balaban J connectivity index is 2.26. The third-order valence-corrected chi connectivity index (χ3v) is 4.20. The fourth-order valence-electron chi connectivity index (χ4n) is 2.75. The van der Waals surface area contributed by atoms with Crippen LogP contribution in [0.15, 0.2) is 48.5 Å². The van der Waals surface area contributed by atoms with Crippen LogP contribution in [0.2, 0.25) is 5.02 Å². The molecule has 23 heavy (non-hydrogen) atoms. The van der Waals surface area contributed by atoms with Crippen LogP contribution >= 0.6 is 11.6 Å². The zero-order chi connectivity index (χ0) is 16.7. The van der Waals surface area contributed by atoms with Gasteiger partial charge in [-0.25, -0.2) is 0 Å². The number of rotatable bonds is 3. The molecule has 0 fully saturated rings. The summed E-state index contributed by atoms with van der Waals surface area (Å²) in [5, 5.41) is 11.5. The zero-order valence-electron chi connectivity index (χ0n) is 12.6. The van der Waals surface area contributed by atoms with Crippen LogP contribution in [0.5, 0.6) is 5.75 Å². The smallest absolute Gasteiger partial charge is 0.304 e. The number of fused-ring (bicyclic) bond motifs is 1. The lowest BCUT2D eigenvalue weighted by molar-refractivity contribution is -0.346. The van der Waals surface area contributed by atoms with Gasteiger partial charge in [-0.3, -0.25) is 4.79 Å². The van der Waals surface area contributed by atoms with Gasteiger partial charge in [0.05, 0.1) is 5.56 Å². The lowest BCUT2D eigenvalue weighted by Crippen LogP contribution is -2.64. The Labute approximate surface area is 138 Å². The highest BCUT2D eigenvalue weighted by molar-refractivity contribution is 6.30. The second-order valence-electron chi connectivity index (χ2n) is 5.10. The van der Waals surface area contributed by atoms with E-state index in [2.05, 4.69) is 0 Å². The first-order valence-electron chi connectivity index (χ1n) is 6.90. The number of hydrogen-bond acceptors (Lipinski definition) is 5. The summed E-state index contributed by atoms with van der Waals surface area (Å²) >= 11 is 5.91. The number of methoxy groups -OCH3 is 2. The summed E-state index contributed by atoms with van der Waals surface area (Å²) in [7, 11) is 2.55. The molecule has 0 radical (unpaired) electrons. The van der Waals surface area contributed by atoms with Gasteiger partial charge in [0.2, 0.25) is 5.78 Å². The highest BCUT2D eigenvalue weighted by atomic mass is 35.5. The van der Waals surface area contributed by atoms with E-state index in [1.165, 1.54) is 14.2 Å². The Kier molecular flexibility index (Phi) is 3.90. The molecular weight excluding hydrogens is 320 g/mol. The highest BCUT2D eigenvalue weighted by Crippen LogP contribution is 2.46. The molecule has 6 heteroatoms. The predicted octanol–water partition coefficient (Wildman–Crippen LogP) is 2.75. The van der Waals surface area contributed by atoms with Gasteiger partial charge in [0.25, 0.3) is 5.79 Å². The number of carbonyl (C=O) groups excluding carboxylic acids is 1. The van der Waals surface area contributed by atoms with Crippen molar-refractivity contribution in [3.05, 3.63) is 64.7 Å².